The summed E-state index contributed by atoms with van der Waals surface area (Å²) in [4.78, 5) is 25.3. The molecule has 7 nitrogen and oxygen atoms in total. The Morgan fingerprint density at radius 1 is 1.09 bits per heavy atom. The van der Waals surface area contributed by atoms with Crippen molar-refractivity contribution in [3.05, 3.63) is 81.3 Å². The van der Waals surface area contributed by atoms with Crippen molar-refractivity contribution < 1.29 is 19.1 Å². The molecule has 0 unspecified atom stereocenters. The van der Waals surface area contributed by atoms with Crippen molar-refractivity contribution >= 4 is 34.8 Å². The molecule has 1 aliphatic rings. The number of furan rings is 1. The first-order valence-corrected chi connectivity index (χ1v) is 10.6. The van der Waals surface area contributed by atoms with Crippen LogP contribution in [0.3, 0.4) is 0 Å². The minimum Gasteiger partial charge on any atom is -0.507 e. The van der Waals surface area contributed by atoms with Gasteiger partial charge in [-0.05, 0) is 56.5 Å². The van der Waals surface area contributed by atoms with Crippen LogP contribution in [0.15, 0.2) is 52.0 Å². The molecule has 3 aromatic rings. The van der Waals surface area contributed by atoms with E-state index in [0.717, 1.165) is 17.5 Å². The SMILES string of the molecule is Cc1ccc(Cl)cc1NC(=O)c1oc2c(c1C)/C(=N/NC(=O)c1ccccc1O)CCC2. The summed E-state index contributed by atoms with van der Waals surface area (Å²) in [7, 11) is 0. The molecule has 0 bridgehead atoms. The molecule has 1 heterocycles. The van der Waals surface area contributed by atoms with Gasteiger partial charge in [0.15, 0.2) is 5.76 Å². The molecule has 3 N–H and O–H groups in total. The van der Waals surface area contributed by atoms with E-state index in [4.69, 9.17) is 16.0 Å². The van der Waals surface area contributed by atoms with Crippen molar-refractivity contribution in [1.29, 1.82) is 0 Å². The fourth-order valence-electron chi connectivity index (χ4n) is 3.75. The lowest BCUT2D eigenvalue weighted by molar-refractivity contribution is 0.0950. The zero-order valence-electron chi connectivity index (χ0n) is 17.7. The van der Waals surface area contributed by atoms with Gasteiger partial charge in [-0.3, -0.25) is 9.59 Å². The predicted molar refractivity (Wildman–Crippen MR) is 123 cm³/mol. The van der Waals surface area contributed by atoms with Crippen LogP contribution < -0.4 is 10.7 Å². The lowest BCUT2D eigenvalue weighted by atomic mass is 9.93. The van der Waals surface area contributed by atoms with Crippen LogP contribution in [0.2, 0.25) is 5.02 Å². The lowest BCUT2D eigenvalue weighted by Crippen LogP contribution is -2.22. The summed E-state index contributed by atoms with van der Waals surface area (Å²) in [5.41, 5.74) is 6.16. The summed E-state index contributed by atoms with van der Waals surface area (Å²) in [6, 6.07) is 11.5. The number of phenols is 1. The molecule has 2 aromatic carbocycles. The maximum absolute atomic E-state index is 12.9. The summed E-state index contributed by atoms with van der Waals surface area (Å²) >= 11 is 6.05. The van der Waals surface area contributed by atoms with Crippen molar-refractivity contribution in [2.45, 2.75) is 33.1 Å². The van der Waals surface area contributed by atoms with Crippen LogP contribution in [0, 0.1) is 13.8 Å². The molecule has 1 aromatic heterocycles. The highest BCUT2D eigenvalue weighted by Crippen LogP contribution is 2.31. The molecule has 2 amide bonds. The number of rotatable bonds is 4. The Morgan fingerprint density at radius 3 is 2.66 bits per heavy atom. The molecule has 1 aliphatic carbocycles. The third-order valence-corrected chi connectivity index (χ3v) is 5.66. The number of anilines is 1. The number of aryl methyl sites for hydroxylation is 2. The van der Waals surface area contributed by atoms with Crippen LogP contribution in [0.1, 0.15) is 56.2 Å². The largest absolute Gasteiger partial charge is 0.507 e. The fraction of sp³-hybridized carbons (Fsp3) is 0.208. The van der Waals surface area contributed by atoms with Crippen LogP contribution >= 0.6 is 11.6 Å². The van der Waals surface area contributed by atoms with E-state index in [0.29, 0.717) is 40.6 Å². The molecule has 164 valence electrons. The molecule has 0 aliphatic heterocycles. The Bertz CT molecular complexity index is 1250. The molecular weight excluding hydrogens is 430 g/mol. The number of phenolic OH excluding ortho intramolecular Hbond substituents is 1. The third-order valence-electron chi connectivity index (χ3n) is 5.42. The highest BCUT2D eigenvalue weighted by molar-refractivity contribution is 6.31. The number of hydrazone groups is 1. The monoisotopic (exact) mass is 451 g/mol. The van der Waals surface area contributed by atoms with E-state index in [2.05, 4.69) is 15.8 Å². The van der Waals surface area contributed by atoms with Gasteiger partial charge in [0.05, 0.1) is 11.3 Å². The summed E-state index contributed by atoms with van der Waals surface area (Å²) in [5, 5.41) is 17.5. The van der Waals surface area contributed by atoms with Gasteiger partial charge in [-0.15, -0.1) is 0 Å². The van der Waals surface area contributed by atoms with Crippen molar-refractivity contribution in [3.8, 4) is 5.75 Å². The second-order valence-electron chi connectivity index (χ2n) is 7.64. The van der Waals surface area contributed by atoms with Crippen LogP contribution in [0.4, 0.5) is 5.69 Å². The number of hydrogen-bond acceptors (Lipinski definition) is 5. The van der Waals surface area contributed by atoms with Crippen molar-refractivity contribution in [1.82, 2.24) is 5.43 Å². The van der Waals surface area contributed by atoms with E-state index in [1.165, 1.54) is 12.1 Å². The molecule has 8 heteroatoms. The van der Waals surface area contributed by atoms with Gasteiger partial charge in [0, 0.05) is 28.3 Å². The number of nitrogens with zero attached hydrogens (tertiary/aromatic N) is 1. The van der Waals surface area contributed by atoms with Gasteiger partial charge in [-0.25, -0.2) is 5.43 Å². The Morgan fingerprint density at radius 2 is 1.88 bits per heavy atom. The maximum Gasteiger partial charge on any atom is 0.291 e. The predicted octanol–water partition coefficient (Wildman–Crippen LogP) is 4.98. The first kappa shape index (κ1) is 21.6. The minimum atomic E-state index is -0.515. The quantitative estimate of drug-likeness (QED) is 0.486. The molecule has 0 spiro atoms. The van der Waals surface area contributed by atoms with Crippen molar-refractivity contribution in [2.24, 2.45) is 5.10 Å². The number of halogens is 1. The van der Waals surface area contributed by atoms with E-state index in [9.17, 15) is 14.7 Å². The molecule has 4 rings (SSSR count). The molecule has 0 saturated carbocycles. The molecule has 0 radical (unpaired) electrons. The Kier molecular flexibility index (Phi) is 6.01. The van der Waals surface area contributed by atoms with Gasteiger partial charge in [0.25, 0.3) is 11.8 Å². The smallest absolute Gasteiger partial charge is 0.291 e. The number of carbonyl (C=O) groups is 2. The first-order chi connectivity index (χ1) is 15.3. The van der Waals surface area contributed by atoms with Crippen LogP contribution in [-0.2, 0) is 6.42 Å². The molecule has 32 heavy (non-hydrogen) atoms. The topological polar surface area (TPSA) is 104 Å². The summed E-state index contributed by atoms with van der Waals surface area (Å²) in [6.07, 6.45) is 2.08. The third kappa shape index (κ3) is 4.24. The Balaban J connectivity index is 1.59. The van der Waals surface area contributed by atoms with E-state index < -0.39 is 5.91 Å². The Hall–Kier alpha value is -3.58. The van der Waals surface area contributed by atoms with E-state index in [1.807, 2.05) is 13.0 Å². The summed E-state index contributed by atoms with van der Waals surface area (Å²) < 4.78 is 5.90. The van der Waals surface area contributed by atoms with Crippen LogP contribution in [0.5, 0.6) is 5.75 Å². The first-order valence-electron chi connectivity index (χ1n) is 10.2. The maximum atomic E-state index is 12.9. The van der Waals surface area contributed by atoms with Gasteiger partial charge < -0.3 is 14.8 Å². The number of fused-ring (bicyclic) bond motifs is 1. The minimum absolute atomic E-state index is 0.121. The number of aromatic hydroxyl groups is 1. The number of benzene rings is 2. The molecule has 0 atom stereocenters. The number of carbonyl (C=O) groups excluding carboxylic acids is 2. The number of hydrogen-bond donors (Lipinski definition) is 3. The number of nitrogens with one attached hydrogen (secondary N) is 2. The highest BCUT2D eigenvalue weighted by atomic mass is 35.5. The zero-order valence-corrected chi connectivity index (χ0v) is 18.4. The van der Waals surface area contributed by atoms with Gasteiger partial charge >= 0.3 is 0 Å². The number of para-hydroxylation sites is 1. The van der Waals surface area contributed by atoms with E-state index in [1.54, 1.807) is 31.2 Å². The normalized spacial score (nSPS) is 14.2. The summed E-state index contributed by atoms with van der Waals surface area (Å²) in [6.45, 7) is 3.68. The zero-order chi connectivity index (χ0) is 22.8. The van der Waals surface area contributed by atoms with Gasteiger partial charge in [-0.2, -0.15) is 5.10 Å². The molecular formula is C24H22ClN3O4. The number of amides is 2. The standard InChI is InChI=1S/C24H22ClN3O4/c1-13-10-11-15(25)12-18(13)26-24(31)22-14(2)21-17(7-5-9-20(21)32-22)27-28-23(30)16-6-3-4-8-19(16)29/h3-4,6,8,10-12,29H,5,7,9H2,1-2H3,(H,26,31)(H,28,30)/b27-17+. The van der Waals surface area contributed by atoms with E-state index >= 15 is 0 Å². The van der Waals surface area contributed by atoms with Crippen LogP contribution in [0.25, 0.3) is 0 Å². The second kappa shape index (κ2) is 8.88. The highest BCUT2D eigenvalue weighted by Gasteiger charge is 2.28. The van der Waals surface area contributed by atoms with E-state index in [-0.39, 0.29) is 23.0 Å². The van der Waals surface area contributed by atoms with Gasteiger partial charge in [-0.1, -0.05) is 29.8 Å². The molecule has 0 saturated heterocycles. The van der Waals surface area contributed by atoms with Crippen molar-refractivity contribution in [2.75, 3.05) is 5.32 Å². The Labute approximate surface area is 190 Å². The lowest BCUT2D eigenvalue weighted by Gasteiger charge is -2.13. The molecule has 0 fully saturated rings. The fourth-order valence-corrected chi connectivity index (χ4v) is 3.92. The van der Waals surface area contributed by atoms with Gasteiger partial charge in [0.1, 0.15) is 11.5 Å². The van der Waals surface area contributed by atoms with Crippen LogP contribution in [-0.4, -0.2) is 22.6 Å². The van der Waals surface area contributed by atoms with Crippen molar-refractivity contribution in [3.63, 3.8) is 0 Å². The summed E-state index contributed by atoms with van der Waals surface area (Å²) in [5.74, 6) is -0.143. The average molecular weight is 452 g/mol. The second-order valence-corrected chi connectivity index (χ2v) is 8.07. The average Bonchev–Trinajstić information content (AvgIpc) is 3.12. The van der Waals surface area contributed by atoms with Gasteiger partial charge in [0.2, 0.25) is 0 Å².